The lowest BCUT2D eigenvalue weighted by molar-refractivity contribution is -0.139. The van der Waals surface area contributed by atoms with Gasteiger partial charge in [-0.25, -0.2) is 0 Å². The summed E-state index contributed by atoms with van der Waals surface area (Å²) in [6, 6.07) is 6.32. The molecule has 11 N–H and O–H groups in total. The molecule has 0 heterocycles. The first-order valence-electron chi connectivity index (χ1n) is 11.2. The maximum absolute atomic E-state index is 12.8. The molecule has 0 aromatic heterocycles. The van der Waals surface area contributed by atoms with Crippen molar-refractivity contribution >= 4 is 59.7 Å². The summed E-state index contributed by atoms with van der Waals surface area (Å²) in [5.74, 6) is -4.90. The molecule has 237 valence electrons. The predicted octanol–water partition coefficient (Wildman–Crippen LogP) is -1.68. The van der Waals surface area contributed by atoms with E-state index in [4.69, 9.17) is 39.1 Å². The van der Waals surface area contributed by atoms with Crippen LogP contribution in [0.2, 0.25) is 0 Å². The number of amides is 4. The molecule has 0 spiro atoms. The highest BCUT2D eigenvalue weighted by Crippen LogP contribution is 2.59. The molecule has 42 heavy (non-hydrogen) atoms. The number of nitrogens with one attached hydrogen (secondary N) is 3. The zero-order chi connectivity index (χ0) is 32.7. The second-order valence-corrected chi connectivity index (χ2v) is 16.2. The van der Waals surface area contributed by atoms with Crippen molar-refractivity contribution in [3.63, 3.8) is 0 Å². The van der Waals surface area contributed by atoms with E-state index < -0.39 is 84.6 Å². The van der Waals surface area contributed by atoms with Gasteiger partial charge in [0.1, 0.15) is 13.1 Å². The van der Waals surface area contributed by atoms with E-state index in [1.807, 2.05) is 0 Å². The van der Waals surface area contributed by atoms with E-state index >= 15 is 0 Å². The van der Waals surface area contributed by atoms with Crippen molar-refractivity contribution in [2.75, 3.05) is 18.4 Å². The van der Waals surface area contributed by atoms with Crippen LogP contribution >= 0.6 is 30.4 Å². The Bertz CT molecular complexity index is 1240. The fourth-order valence-electron chi connectivity index (χ4n) is 3.06. The van der Waals surface area contributed by atoms with E-state index in [0.29, 0.717) is 16.2 Å². The molecule has 0 bridgehead atoms. The Morgan fingerprint density at radius 1 is 0.667 bits per heavy atom. The number of hydrogen-bond donors (Lipinski definition) is 11. The second kappa shape index (κ2) is 14.9. The van der Waals surface area contributed by atoms with Crippen LogP contribution in [0.4, 0.5) is 5.69 Å². The summed E-state index contributed by atoms with van der Waals surface area (Å²) < 4.78 is 45.7. The molecule has 24 heteroatoms. The fourth-order valence-corrected chi connectivity index (χ4v) is 7.44. The lowest BCUT2D eigenvalue weighted by atomic mass is 10.2. The first kappa shape index (κ1) is 37.7. The largest absolute Gasteiger partial charge is 0.360 e. The smallest absolute Gasteiger partial charge is 0.331 e. The van der Waals surface area contributed by atoms with Crippen molar-refractivity contribution in [2.24, 2.45) is 0 Å². The van der Waals surface area contributed by atoms with E-state index in [2.05, 4.69) is 12.2 Å². The molecule has 4 amide bonds. The molecule has 0 atom stereocenters. The molecule has 0 saturated carbocycles. The van der Waals surface area contributed by atoms with Crippen molar-refractivity contribution in [1.29, 1.82) is 0 Å². The molecule has 20 nitrogen and oxygen atoms in total. The number of benzene rings is 1. The van der Waals surface area contributed by atoms with Crippen molar-refractivity contribution < 1.29 is 76.6 Å². The van der Waals surface area contributed by atoms with Crippen LogP contribution in [0.25, 0.3) is 0 Å². The molecule has 0 aliphatic carbocycles. The van der Waals surface area contributed by atoms with Gasteiger partial charge >= 0.3 is 30.4 Å². The van der Waals surface area contributed by atoms with E-state index in [9.17, 15) is 37.4 Å². The first-order chi connectivity index (χ1) is 18.9. The number of rotatable bonds is 15. The third-order valence-electron chi connectivity index (χ3n) is 4.91. The molecule has 0 aliphatic heterocycles. The Labute approximate surface area is 237 Å². The van der Waals surface area contributed by atoms with Crippen molar-refractivity contribution in [2.45, 2.75) is 30.3 Å². The van der Waals surface area contributed by atoms with Crippen LogP contribution in [0.3, 0.4) is 0 Å². The summed E-state index contributed by atoms with van der Waals surface area (Å²) in [5, 5.41) is 5.20. The molecule has 1 aromatic rings. The predicted molar refractivity (Wildman–Crippen MR) is 142 cm³/mol. The van der Waals surface area contributed by atoms with Crippen molar-refractivity contribution in [3.8, 4) is 0 Å². The SMILES string of the molecule is [CH2]c1ccc(NC(=O)CCCC(=O)N(CC(=O)NC(P(=O)(O)O)P(=O)(O)O)CC(=O)NC(P(=O)(O)O)P(=O)(O)O)cc1. The third kappa shape index (κ3) is 13.3. The topological polar surface area (TPSA) is 338 Å². The molecule has 0 aliphatic rings. The van der Waals surface area contributed by atoms with Gasteiger partial charge in [-0.1, -0.05) is 12.1 Å². The maximum Gasteiger partial charge on any atom is 0.360 e. The van der Waals surface area contributed by atoms with Crippen LogP contribution < -0.4 is 16.0 Å². The number of carbonyl (C=O) groups is 4. The number of anilines is 1. The Balaban J connectivity index is 3.05. The second-order valence-electron chi connectivity index (χ2n) is 8.59. The van der Waals surface area contributed by atoms with Gasteiger partial charge in [-0.15, -0.1) is 0 Å². The summed E-state index contributed by atoms with van der Waals surface area (Å²) in [6.07, 6.45) is -1.06. The van der Waals surface area contributed by atoms with Gasteiger partial charge in [0.25, 0.3) is 0 Å². The highest BCUT2D eigenvalue weighted by atomic mass is 31.2. The van der Waals surface area contributed by atoms with Crippen LogP contribution in [0.5, 0.6) is 0 Å². The van der Waals surface area contributed by atoms with E-state index in [1.165, 1.54) is 10.6 Å². The van der Waals surface area contributed by atoms with Gasteiger partial charge < -0.3 is 60.0 Å². The fraction of sp³-hybridized carbons (Fsp3) is 0.389. The summed E-state index contributed by atoms with van der Waals surface area (Å²) in [4.78, 5) is 123. The lowest BCUT2D eigenvalue weighted by Crippen LogP contribution is -2.48. The monoisotopic (exact) mass is 681 g/mol. The Morgan fingerprint density at radius 2 is 1.05 bits per heavy atom. The minimum absolute atomic E-state index is 0.209. The van der Waals surface area contributed by atoms with Gasteiger partial charge in [-0.2, -0.15) is 0 Å². The molecule has 1 radical (unpaired) electrons. The summed E-state index contributed by atoms with van der Waals surface area (Å²) in [5.41, 5.74) is -4.98. The quantitative estimate of drug-likeness (QED) is 0.0920. The minimum atomic E-state index is -5.66. The van der Waals surface area contributed by atoms with Gasteiger partial charge in [0, 0.05) is 18.5 Å². The molecule has 1 rings (SSSR count). The van der Waals surface area contributed by atoms with Gasteiger partial charge in [0.05, 0.1) is 0 Å². The van der Waals surface area contributed by atoms with E-state index in [0.717, 1.165) is 0 Å². The zero-order valence-electron chi connectivity index (χ0n) is 21.3. The number of hydrogen-bond acceptors (Lipinski definition) is 8. The van der Waals surface area contributed by atoms with Crippen LogP contribution in [-0.4, -0.2) is 91.8 Å². The maximum atomic E-state index is 12.8. The van der Waals surface area contributed by atoms with Gasteiger partial charge in [-0.3, -0.25) is 37.4 Å². The van der Waals surface area contributed by atoms with Crippen LogP contribution in [0.1, 0.15) is 24.8 Å². The van der Waals surface area contributed by atoms with Gasteiger partial charge in [0.2, 0.25) is 34.7 Å². The molecule has 1 aromatic carbocycles. The molecule has 0 fully saturated rings. The molecule has 0 unspecified atom stereocenters. The number of carbonyl (C=O) groups excluding carboxylic acids is 4. The van der Waals surface area contributed by atoms with Gasteiger partial charge in [0.15, 0.2) is 0 Å². The Kier molecular flexibility index (Phi) is 13.4. The zero-order valence-corrected chi connectivity index (χ0v) is 24.9. The lowest BCUT2D eigenvalue weighted by Gasteiger charge is -2.26. The summed E-state index contributed by atoms with van der Waals surface area (Å²) >= 11 is 0. The van der Waals surface area contributed by atoms with Crippen molar-refractivity contribution in [1.82, 2.24) is 15.5 Å². The standard InChI is InChI=1S/C18H29N4O16P4/c1-11-5-7-12(8-6-11)19-13(23)3-2-4-16(26)22(9-14(24)20-17(39(27,28)29)40(30,31)32)10-15(25)21-18(41(33,34)35)42(36,37)38/h5-8,17-18H,1-4,9-10H2,(H,19,23)(H,20,24)(H,21,25)(H2,27,28,29)(H2,30,31,32)(H2,33,34,35)(H2,36,37,38). The van der Waals surface area contributed by atoms with Crippen LogP contribution in [-0.2, 0) is 37.4 Å². The minimum Gasteiger partial charge on any atom is -0.331 e. The summed E-state index contributed by atoms with van der Waals surface area (Å²) in [7, 11) is -22.6. The highest BCUT2D eigenvalue weighted by molar-refractivity contribution is 7.71. The third-order valence-corrected chi connectivity index (χ3v) is 11.6. The number of nitrogens with zero attached hydrogens (tertiary/aromatic N) is 1. The summed E-state index contributed by atoms with van der Waals surface area (Å²) in [6.45, 7) is 1.05. The first-order valence-corrected chi connectivity index (χ1v) is 17.9. The average Bonchev–Trinajstić information content (AvgIpc) is 2.79. The Morgan fingerprint density at radius 3 is 1.40 bits per heavy atom. The van der Waals surface area contributed by atoms with Crippen molar-refractivity contribution in [3.05, 3.63) is 36.8 Å². The van der Waals surface area contributed by atoms with Crippen LogP contribution in [0.15, 0.2) is 24.3 Å². The van der Waals surface area contributed by atoms with Gasteiger partial charge in [-0.05, 0) is 31.0 Å². The van der Waals surface area contributed by atoms with E-state index in [-0.39, 0.29) is 12.8 Å². The van der Waals surface area contributed by atoms with E-state index in [1.54, 1.807) is 24.3 Å². The average molecular weight is 681 g/mol. The molecule has 0 saturated heterocycles. The molecular weight excluding hydrogens is 652 g/mol. The molecular formula is C18H29N4O16P4. The normalized spacial score (nSPS) is 12.6. The Hall–Kier alpha value is -2.30. The highest BCUT2D eigenvalue weighted by Gasteiger charge is 2.46. The van der Waals surface area contributed by atoms with Crippen LogP contribution in [0, 0.1) is 6.92 Å².